The zero-order valence-corrected chi connectivity index (χ0v) is 20.9. The van der Waals surface area contributed by atoms with Gasteiger partial charge in [0.15, 0.2) is 11.5 Å². The van der Waals surface area contributed by atoms with E-state index in [1.54, 1.807) is 23.6 Å². The summed E-state index contributed by atoms with van der Waals surface area (Å²) in [5, 5.41) is 4.29. The maximum absolute atomic E-state index is 13.2. The first-order valence-corrected chi connectivity index (χ1v) is 12.2. The molecule has 0 spiro atoms. The van der Waals surface area contributed by atoms with Crippen LogP contribution in [0.25, 0.3) is 5.78 Å². The number of carbonyl (C=O) groups is 2. The summed E-state index contributed by atoms with van der Waals surface area (Å²) in [5.74, 6) is 2.65. The van der Waals surface area contributed by atoms with Gasteiger partial charge in [-0.1, -0.05) is 6.07 Å². The molecule has 0 radical (unpaired) electrons. The largest absolute Gasteiger partial charge is 0.493 e. The molecule has 36 heavy (non-hydrogen) atoms. The minimum absolute atomic E-state index is 0.0355. The first kappa shape index (κ1) is 23.8. The number of likely N-dealkylation sites (tertiary alicyclic amines) is 1. The topological polar surface area (TPSA) is 105 Å². The summed E-state index contributed by atoms with van der Waals surface area (Å²) in [7, 11) is 3.21. The fourth-order valence-electron chi connectivity index (χ4n) is 5.00. The number of methoxy groups -OCH3 is 2. The molecular formula is C25H31N7O4. The number of nitrogens with zero attached hydrogens (tertiary/aromatic N) is 7. The van der Waals surface area contributed by atoms with Crippen LogP contribution in [-0.4, -0.2) is 94.7 Å². The quantitative estimate of drug-likeness (QED) is 0.483. The Morgan fingerprint density at radius 1 is 1.08 bits per heavy atom. The van der Waals surface area contributed by atoms with Crippen molar-refractivity contribution in [2.24, 2.45) is 5.92 Å². The molecule has 1 aromatic carbocycles. The number of rotatable bonds is 7. The van der Waals surface area contributed by atoms with Crippen molar-refractivity contribution in [1.82, 2.24) is 29.4 Å². The fraction of sp³-hybridized carbons (Fsp3) is 0.480. The molecule has 2 aromatic heterocycles. The predicted octanol–water partition coefficient (Wildman–Crippen LogP) is 1.19. The van der Waals surface area contributed by atoms with Crippen LogP contribution in [0.2, 0.25) is 0 Å². The van der Waals surface area contributed by atoms with Crippen molar-refractivity contribution in [2.45, 2.75) is 19.8 Å². The Hall–Kier alpha value is -3.89. The van der Waals surface area contributed by atoms with Crippen LogP contribution >= 0.6 is 0 Å². The zero-order valence-electron chi connectivity index (χ0n) is 20.9. The van der Waals surface area contributed by atoms with Crippen molar-refractivity contribution >= 4 is 23.4 Å². The summed E-state index contributed by atoms with van der Waals surface area (Å²) in [5.41, 5.74) is 1.93. The van der Waals surface area contributed by atoms with Gasteiger partial charge in [0.25, 0.3) is 5.78 Å². The second kappa shape index (κ2) is 10.00. The third-order valence-corrected chi connectivity index (χ3v) is 6.96. The lowest BCUT2D eigenvalue weighted by atomic mass is 10.1. The van der Waals surface area contributed by atoms with E-state index in [-0.39, 0.29) is 24.2 Å². The van der Waals surface area contributed by atoms with Gasteiger partial charge in [-0.2, -0.15) is 14.6 Å². The maximum atomic E-state index is 13.2. The lowest BCUT2D eigenvalue weighted by Gasteiger charge is -2.37. The summed E-state index contributed by atoms with van der Waals surface area (Å²) in [6, 6.07) is 7.76. The molecule has 4 heterocycles. The molecule has 1 unspecified atom stereocenters. The highest BCUT2D eigenvalue weighted by molar-refractivity contribution is 5.89. The average molecular weight is 494 g/mol. The van der Waals surface area contributed by atoms with E-state index in [0.717, 1.165) is 17.1 Å². The number of amides is 2. The van der Waals surface area contributed by atoms with Crippen LogP contribution < -0.4 is 14.4 Å². The number of ether oxygens (including phenoxy) is 2. The van der Waals surface area contributed by atoms with Crippen LogP contribution in [0.4, 0.5) is 5.82 Å². The van der Waals surface area contributed by atoms with Gasteiger partial charge in [-0.25, -0.2) is 4.98 Å². The highest BCUT2D eigenvalue weighted by Crippen LogP contribution is 2.28. The molecule has 2 fully saturated rings. The first-order chi connectivity index (χ1) is 17.5. The third-order valence-electron chi connectivity index (χ3n) is 6.96. The molecule has 0 saturated carbocycles. The standard InChI is InChI=1S/C25H31N7O4/c1-17-12-22(32-25(28-17)26-16-27-32)29-8-10-30(11-9-29)24(34)19-14-23(33)31(15-19)7-6-18-4-5-20(35-2)21(13-18)36-3/h4-5,12-13,16,19H,6-11,14-15H2,1-3H3. The Morgan fingerprint density at radius 3 is 2.61 bits per heavy atom. The molecule has 0 bridgehead atoms. The molecule has 2 saturated heterocycles. The summed E-state index contributed by atoms with van der Waals surface area (Å²) in [6.45, 7) is 5.56. The number of benzene rings is 1. The Labute approximate surface area is 209 Å². The molecule has 1 atom stereocenters. The monoisotopic (exact) mass is 493 g/mol. The Morgan fingerprint density at radius 2 is 1.86 bits per heavy atom. The van der Waals surface area contributed by atoms with E-state index < -0.39 is 0 Å². The molecule has 11 nitrogen and oxygen atoms in total. The lowest BCUT2D eigenvalue weighted by molar-refractivity contribution is -0.136. The van der Waals surface area contributed by atoms with Crippen molar-refractivity contribution in [3.05, 3.63) is 41.9 Å². The number of carbonyl (C=O) groups excluding carboxylic acids is 2. The first-order valence-electron chi connectivity index (χ1n) is 12.2. The van der Waals surface area contributed by atoms with E-state index in [1.807, 2.05) is 36.1 Å². The Balaban J connectivity index is 1.16. The van der Waals surface area contributed by atoms with Gasteiger partial charge in [-0.15, -0.1) is 0 Å². The summed E-state index contributed by atoms with van der Waals surface area (Å²) >= 11 is 0. The number of aryl methyl sites for hydroxylation is 1. The summed E-state index contributed by atoms with van der Waals surface area (Å²) in [6.07, 6.45) is 2.46. The number of piperazine rings is 1. The minimum atomic E-state index is -0.292. The highest BCUT2D eigenvalue weighted by Gasteiger charge is 2.37. The normalized spacial score (nSPS) is 18.2. The van der Waals surface area contributed by atoms with E-state index >= 15 is 0 Å². The second-order valence-corrected chi connectivity index (χ2v) is 9.22. The van der Waals surface area contributed by atoms with E-state index in [0.29, 0.717) is 63.0 Å². The zero-order chi connectivity index (χ0) is 25.2. The van der Waals surface area contributed by atoms with Crippen LogP contribution in [0, 0.1) is 12.8 Å². The van der Waals surface area contributed by atoms with Gasteiger partial charge < -0.3 is 24.2 Å². The van der Waals surface area contributed by atoms with E-state index in [1.165, 1.54) is 6.33 Å². The third kappa shape index (κ3) is 4.65. The van der Waals surface area contributed by atoms with E-state index in [4.69, 9.17) is 9.47 Å². The smallest absolute Gasteiger partial charge is 0.254 e. The number of fused-ring (bicyclic) bond motifs is 1. The van der Waals surface area contributed by atoms with Crippen molar-refractivity contribution in [3.8, 4) is 11.5 Å². The van der Waals surface area contributed by atoms with Crippen molar-refractivity contribution < 1.29 is 19.1 Å². The maximum Gasteiger partial charge on any atom is 0.254 e. The number of hydrogen-bond donors (Lipinski definition) is 0. The van der Waals surface area contributed by atoms with Gasteiger partial charge in [0, 0.05) is 57.4 Å². The van der Waals surface area contributed by atoms with E-state index in [2.05, 4.69) is 20.0 Å². The van der Waals surface area contributed by atoms with Crippen LogP contribution in [0.3, 0.4) is 0 Å². The summed E-state index contributed by atoms with van der Waals surface area (Å²) < 4.78 is 12.4. The molecule has 2 amide bonds. The van der Waals surface area contributed by atoms with Gasteiger partial charge in [0.2, 0.25) is 11.8 Å². The molecule has 5 rings (SSSR count). The fourth-order valence-corrected chi connectivity index (χ4v) is 5.00. The molecular weight excluding hydrogens is 462 g/mol. The predicted molar refractivity (Wildman–Crippen MR) is 132 cm³/mol. The lowest BCUT2D eigenvalue weighted by Crippen LogP contribution is -2.51. The van der Waals surface area contributed by atoms with Gasteiger partial charge in [-0.3, -0.25) is 9.59 Å². The van der Waals surface area contributed by atoms with Gasteiger partial charge in [0.05, 0.1) is 20.1 Å². The van der Waals surface area contributed by atoms with Crippen molar-refractivity contribution in [3.63, 3.8) is 0 Å². The molecule has 190 valence electrons. The van der Waals surface area contributed by atoms with Crippen LogP contribution in [0.1, 0.15) is 17.7 Å². The van der Waals surface area contributed by atoms with Crippen LogP contribution in [-0.2, 0) is 16.0 Å². The summed E-state index contributed by atoms with van der Waals surface area (Å²) in [4.78, 5) is 40.4. The second-order valence-electron chi connectivity index (χ2n) is 9.22. The van der Waals surface area contributed by atoms with Crippen LogP contribution in [0.5, 0.6) is 11.5 Å². The van der Waals surface area contributed by atoms with Gasteiger partial charge >= 0.3 is 0 Å². The van der Waals surface area contributed by atoms with Gasteiger partial charge in [-0.05, 0) is 31.0 Å². The SMILES string of the molecule is COc1ccc(CCN2CC(C(=O)N3CCN(c4cc(C)nc5ncnn45)CC3)CC2=O)cc1OC. The molecule has 3 aromatic rings. The molecule has 0 aliphatic carbocycles. The Kier molecular flexibility index (Phi) is 6.62. The number of anilines is 1. The van der Waals surface area contributed by atoms with Gasteiger partial charge in [0.1, 0.15) is 12.1 Å². The Bertz CT molecular complexity index is 1270. The molecule has 2 aliphatic heterocycles. The molecule has 2 aliphatic rings. The number of hydrogen-bond acceptors (Lipinski definition) is 8. The minimum Gasteiger partial charge on any atom is -0.493 e. The van der Waals surface area contributed by atoms with Crippen molar-refractivity contribution in [1.29, 1.82) is 0 Å². The molecule has 11 heteroatoms. The number of aromatic nitrogens is 4. The molecule has 0 N–H and O–H groups in total. The van der Waals surface area contributed by atoms with E-state index in [9.17, 15) is 9.59 Å². The van der Waals surface area contributed by atoms with Crippen LogP contribution in [0.15, 0.2) is 30.6 Å². The highest BCUT2D eigenvalue weighted by atomic mass is 16.5. The average Bonchev–Trinajstić information content (AvgIpc) is 3.52. The van der Waals surface area contributed by atoms with Crippen molar-refractivity contribution in [2.75, 3.05) is 58.4 Å².